The molecule has 4 heterocycles. The molecule has 1 aromatic carbocycles. The number of H-pyrrole nitrogens is 1. The van der Waals surface area contributed by atoms with Crippen molar-refractivity contribution in [2.75, 3.05) is 13.1 Å². The van der Waals surface area contributed by atoms with E-state index in [0.717, 1.165) is 40.9 Å². The summed E-state index contributed by atoms with van der Waals surface area (Å²) in [6, 6.07) is 13.8. The van der Waals surface area contributed by atoms with E-state index in [4.69, 9.17) is 5.26 Å². The van der Waals surface area contributed by atoms with Gasteiger partial charge in [0.25, 0.3) is 6.47 Å². The van der Waals surface area contributed by atoms with E-state index in [2.05, 4.69) is 36.2 Å². The fraction of sp³-hybridized carbons (Fsp3) is 0.227. The lowest BCUT2D eigenvalue weighted by Gasteiger charge is -2.41. The topological polar surface area (TPSA) is 122 Å². The Morgan fingerprint density at radius 1 is 1.23 bits per heavy atom. The number of rotatable bonds is 6. The Bertz CT molecular complexity index is 1190. The van der Waals surface area contributed by atoms with Crippen LogP contribution in [0.5, 0.6) is 0 Å². The van der Waals surface area contributed by atoms with Gasteiger partial charge in [-0.15, -0.1) is 0 Å². The highest BCUT2D eigenvalue weighted by molar-refractivity contribution is 5.89. The minimum absolute atomic E-state index is 0.225. The van der Waals surface area contributed by atoms with Gasteiger partial charge in [-0.25, -0.2) is 9.97 Å². The van der Waals surface area contributed by atoms with Crippen molar-refractivity contribution in [1.82, 2.24) is 30.0 Å². The van der Waals surface area contributed by atoms with Gasteiger partial charge in [-0.3, -0.25) is 9.48 Å². The molecule has 9 nitrogen and oxygen atoms in total. The highest BCUT2D eigenvalue weighted by Crippen LogP contribution is 2.29. The summed E-state index contributed by atoms with van der Waals surface area (Å²) in [5.41, 5.74) is 3.38. The molecule has 156 valence electrons. The number of nitrogens with one attached hydrogen (secondary N) is 2. The van der Waals surface area contributed by atoms with Gasteiger partial charge in [0.2, 0.25) is 0 Å². The molecule has 0 atom stereocenters. The Morgan fingerprint density at radius 2 is 2.06 bits per heavy atom. The number of hydrogen-bond acceptors (Lipinski definition) is 7. The predicted molar refractivity (Wildman–Crippen MR) is 113 cm³/mol. The minimum Gasteiger partial charge on any atom is -0.463 e. The summed E-state index contributed by atoms with van der Waals surface area (Å²) in [4.78, 5) is 21.4. The van der Waals surface area contributed by atoms with E-state index in [-0.39, 0.29) is 5.54 Å². The Kier molecular flexibility index (Phi) is 6.01. The zero-order valence-electron chi connectivity index (χ0n) is 16.7. The van der Waals surface area contributed by atoms with E-state index in [0.29, 0.717) is 19.5 Å². The van der Waals surface area contributed by atoms with E-state index >= 15 is 0 Å². The van der Waals surface area contributed by atoms with Crippen LogP contribution in [0.1, 0.15) is 12.0 Å². The lowest BCUT2D eigenvalue weighted by molar-refractivity contribution is -0.129. The van der Waals surface area contributed by atoms with Crippen LogP contribution in [-0.4, -0.2) is 44.3 Å². The summed E-state index contributed by atoms with van der Waals surface area (Å²) < 4.78 is 6.43. The second-order valence-electron chi connectivity index (χ2n) is 7.19. The molecule has 0 bridgehead atoms. The summed E-state index contributed by atoms with van der Waals surface area (Å²) in [6.07, 6.45) is 7.60. The third-order valence-electron chi connectivity index (χ3n) is 5.17. The van der Waals surface area contributed by atoms with Crippen LogP contribution in [0.25, 0.3) is 22.3 Å². The minimum atomic E-state index is -0.225. The largest absolute Gasteiger partial charge is 0.463 e. The van der Waals surface area contributed by atoms with Crippen molar-refractivity contribution < 1.29 is 9.53 Å². The molecule has 5 rings (SSSR count). The monoisotopic (exact) mass is 415 g/mol. The van der Waals surface area contributed by atoms with Gasteiger partial charge in [0.05, 0.1) is 24.4 Å². The van der Waals surface area contributed by atoms with Gasteiger partial charge in [-0.05, 0) is 11.6 Å². The van der Waals surface area contributed by atoms with E-state index in [1.165, 1.54) is 0 Å². The zero-order chi connectivity index (χ0) is 21.5. The first-order valence-corrected chi connectivity index (χ1v) is 9.76. The number of benzene rings is 1. The first kappa shape index (κ1) is 20.3. The van der Waals surface area contributed by atoms with Crippen molar-refractivity contribution in [2.24, 2.45) is 0 Å². The molecule has 1 saturated heterocycles. The van der Waals surface area contributed by atoms with Gasteiger partial charge < -0.3 is 15.0 Å². The molecule has 0 radical (unpaired) electrons. The molecular weight excluding hydrogens is 394 g/mol. The second-order valence-corrected chi connectivity index (χ2v) is 7.19. The number of carbonyl (C=O) groups excluding carboxylic acids is 1. The maximum atomic E-state index is 9.76. The van der Waals surface area contributed by atoms with Crippen LogP contribution in [-0.2, 0) is 21.7 Å². The molecule has 4 aromatic rings. The van der Waals surface area contributed by atoms with Crippen LogP contribution < -0.4 is 5.32 Å². The van der Waals surface area contributed by atoms with E-state index in [1.807, 2.05) is 53.5 Å². The van der Waals surface area contributed by atoms with Crippen LogP contribution in [0.2, 0.25) is 0 Å². The van der Waals surface area contributed by atoms with Crippen molar-refractivity contribution in [3.8, 4) is 17.3 Å². The molecule has 0 amide bonds. The third kappa shape index (κ3) is 4.29. The maximum Gasteiger partial charge on any atom is 0.293 e. The van der Waals surface area contributed by atoms with Crippen LogP contribution in [0, 0.1) is 11.3 Å². The number of fused-ring (bicyclic) bond motifs is 1. The fourth-order valence-corrected chi connectivity index (χ4v) is 3.44. The van der Waals surface area contributed by atoms with Crippen molar-refractivity contribution in [2.45, 2.75) is 18.6 Å². The number of nitriles is 1. The summed E-state index contributed by atoms with van der Waals surface area (Å²) in [5.74, 6) is 0. The molecule has 9 heteroatoms. The number of carbonyl (C=O) groups is 1. The lowest BCUT2D eigenvalue weighted by Crippen LogP contribution is -2.60. The molecule has 0 saturated carbocycles. The zero-order valence-corrected chi connectivity index (χ0v) is 16.7. The molecule has 1 aliphatic heterocycles. The Labute approximate surface area is 178 Å². The van der Waals surface area contributed by atoms with E-state index in [1.54, 1.807) is 12.5 Å². The van der Waals surface area contributed by atoms with E-state index in [9.17, 15) is 4.79 Å². The van der Waals surface area contributed by atoms with Crippen LogP contribution in [0.3, 0.4) is 0 Å². The molecule has 0 aliphatic carbocycles. The van der Waals surface area contributed by atoms with Crippen molar-refractivity contribution in [3.63, 3.8) is 0 Å². The molecule has 1 aliphatic rings. The van der Waals surface area contributed by atoms with Crippen LogP contribution >= 0.6 is 0 Å². The van der Waals surface area contributed by atoms with Crippen LogP contribution in [0.4, 0.5) is 0 Å². The number of nitrogens with zero attached hydrogens (tertiary/aromatic N) is 5. The molecule has 0 spiro atoms. The quantitative estimate of drug-likeness (QED) is 0.464. The summed E-state index contributed by atoms with van der Waals surface area (Å²) in [7, 11) is 0. The third-order valence-corrected chi connectivity index (χ3v) is 5.17. The molecule has 3 aromatic heterocycles. The highest BCUT2D eigenvalue weighted by atomic mass is 16.5. The molecule has 31 heavy (non-hydrogen) atoms. The van der Waals surface area contributed by atoms with E-state index < -0.39 is 0 Å². The average Bonchev–Trinajstić information content (AvgIpc) is 3.46. The van der Waals surface area contributed by atoms with Crippen molar-refractivity contribution in [1.29, 1.82) is 5.26 Å². The number of aromatic nitrogens is 5. The van der Waals surface area contributed by atoms with Gasteiger partial charge in [-0.2, -0.15) is 10.4 Å². The SMILES string of the molecule is N#CCC1(n2cc(-c3ncnc4[nH]ccc34)cn2)CNC1.O=COCc1ccccc1. The first-order valence-electron chi connectivity index (χ1n) is 9.76. The Hall–Kier alpha value is -4.03. The first-order chi connectivity index (χ1) is 15.3. The standard InChI is InChI=1S/C14H13N7.C8H8O2/c15-3-2-14(7-16-8-14)21-6-10(5-20-21)12-11-1-4-17-13(11)19-9-18-12;9-7-10-6-8-4-2-1-3-5-8/h1,4-6,9,16H,2,7-8H2,(H,17,18,19);1-5,7H,6H2. The van der Waals surface area contributed by atoms with Gasteiger partial charge in [0.1, 0.15) is 24.1 Å². The smallest absolute Gasteiger partial charge is 0.293 e. The van der Waals surface area contributed by atoms with Gasteiger partial charge >= 0.3 is 0 Å². The molecule has 1 fully saturated rings. The van der Waals surface area contributed by atoms with Gasteiger partial charge in [0, 0.05) is 36.4 Å². The van der Waals surface area contributed by atoms with Crippen LogP contribution in [0.15, 0.2) is 61.3 Å². The van der Waals surface area contributed by atoms with Crippen molar-refractivity contribution >= 4 is 17.5 Å². The second kappa shape index (κ2) is 9.19. The van der Waals surface area contributed by atoms with Gasteiger partial charge in [0.15, 0.2) is 0 Å². The molecular formula is C22H21N7O2. The Morgan fingerprint density at radius 3 is 2.77 bits per heavy atom. The van der Waals surface area contributed by atoms with Crippen molar-refractivity contribution in [3.05, 3.63) is 66.9 Å². The Balaban J connectivity index is 0.000000196. The molecule has 2 N–H and O–H groups in total. The van der Waals surface area contributed by atoms with Gasteiger partial charge in [-0.1, -0.05) is 30.3 Å². The summed E-state index contributed by atoms with van der Waals surface area (Å²) in [6.45, 7) is 2.35. The number of aromatic amines is 1. The summed E-state index contributed by atoms with van der Waals surface area (Å²) in [5, 5.41) is 17.7. The maximum absolute atomic E-state index is 9.76. The normalized spacial score (nSPS) is 14.0. The summed E-state index contributed by atoms with van der Waals surface area (Å²) >= 11 is 0. The highest BCUT2D eigenvalue weighted by Gasteiger charge is 2.39. The fourth-order valence-electron chi connectivity index (χ4n) is 3.44. The number of hydrogen-bond donors (Lipinski definition) is 2. The lowest BCUT2D eigenvalue weighted by atomic mass is 9.89. The average molecular weight is 415 g/mol. The molecule has 0 unspecified atom stereocenters. The predicted octanol–water partition coefficient (Wildman–Crippen LogP) is 2.39. The number of ether oxygens (including phenoxy) is 1.